The number of allylic oxidation sites excluding steroid dienone is 1. The summed E-state index contributed by atoms with van der Waals surface area (Å²) >= 11 is 0.648. The first-order chi connectivity index (χ1) is 15.5. The van der Waals surface area contributed by atoms with E-state index in [1.165, 1.54) is 48.0 Å². The fourth-order valence-electron chi connectivity index (χ4n) is 5.28. The van der Waals surface area contributed by atoms with Gasteiger partial charge in [0.05, 0.1) is 0 Å². The number of rotatable bonds is 1. The van der Waals surface area contributed by atoms with Crippen molar-refractivity contribution in [1.29, 1.82) is 0 Å². The Morgan fingerprint density at radius 1 is 0.906 bits per heavy atom. The maximum atomic E-state index is 12.8. The number of para-hydroxylation sites is 2. The van der Waals surface area contributed by atoms with Gasteiger partial charge in [0, 0.05) is 0 Å². The second-order valence-electron chi connectivity index (χ2n) is 8.96. The van der Waals surface area contributed by atoms with Crippen molar-refractivity contribution >= 4 is 71.2 Å². The molecule has 0 fully saturated rings. The molecule has 154 valence electrons. The Kier molecular flexibility index (Phi) is 3.65. The van der Waals surface area contributed by atoms with Gasteiger partial charge in [0.15, 0.2) is 0 Å². The third-order valence-corrected chi connectivity index (χ3v) is 10.7. The molecule has 3 nitrogen and oxygen atoms in total. The number of aromatic nitrogens is 1. The van der Waals surface area contributed by atoms with E-state index in [1.807, 2.05) is 6.08 Å². The number of fused-ring (bicyclic) bond motifs is 6. The summed E-state index contributed by atoms with van der Waals surface area (Å²) in [6.45, 7) is 4.59. The Bertz CT molecular complexity index is 1660. The van der Waals surface area contributed by atoms with Gasteiger partial charge in [0.25, 0.3) is 0 Å². The molecule has 3 aromatic heterocycles. The van der Waals surface area contributed by atoms with Crippen molar-refractivity contribution in [3.63, 3.8) is 0 Å². The monoisotopic (exact) mass is 549 g/mol. The van der Waals surface area contributed by atoms with Crippen LogP contribution in [0.2, 0.25) is 0 Å². The molecular weight excluding hydrogens is 530 g/mol. The molecule has 0 unspecified atom stereocenters. The van der Waals surface area contributed by atoms with Gasteiger partial charge < -0.3 is 0 Å². The Morgan fingerprint density at radius 2 is 1.62 bits per heavy atom. The number of Topliss-reactive ketones (excluding diaryl/α,β-unsaturated/α-hetero) is 2. The Balaban J connectivity index is 1.51. The number of ketones is 2. The van der Waals surface area contributed by atoms with Crippen molar-refractivity contribution in [2.75, 3.05) is 0 Å². The zero-order valence-electron chi connectivity index (χ0n) is 17.4. The first kappa shape index (κ1) is 18.8. The van der Waals surface area contributed by atoms with Crippen LogP contribution < -0.4 is 0 Å². The number of benzene rings is 2. The van der Waals surface area contributed by atoms with E-state index in [-0.39, 0.29) is 17.0 Å². The van der Waals surface area contributed by atoms with Crippen LogP contribution in [0, 0.1) is 0 Å². The number of thiophene rings is 1. The number of carbonyl (C=O) groups is 2. The van der Waals surface area contributed by atoms with Gasteiger partial charge in [-0.1, -0.05) is 0 Å². The molecule has 0 spiro atoms. The molecule has 2 aliphatic rings. The maximum absolute atomic E-state index is 12.8. The molecular formula is C27H17NO2STe. The van der Waals surface area contributed by atoms with E-state index in [0.29, 0.717) is 16.7 Å². The summed E-state index contributed by atoms with van der Waals surface area (Å²) in [5.41, 5.74) is 6.52. The predicted molar refractivity (Wildman–Crippen MR) is 131 cm³/mol. The topological polar surface area (TPSA) is 39.1 Å². The van der Waals surface area contributed by atoms with Gasteiger partial charge in [0.1, 0.15) is 0 Å². The van der Waals surface area contributed by atoms with E-state index >= 15 is 0 Å². The summed E-state index contributed by atoms with van der Waals surface area (Å²) in [5.74, 6) is -0.248. The van der Waals surface area contributed by atoms with Gasteiger partial charge in [-0.25, -0.2) is 0 Å². The summed E-state index contributed by atoms with van der Waals surface area (Å²) in [7, 11) is 0. The summed E-state index contributed by atoms with van der Waals surface area (Å²) in [6.07, 6.45) is 1.89. The fraction of sp³-hybridized carbons (Fsp3) is 0.111. The van der Waals surface area contributed by atoms with Crippen LogP contribution in [0.1, 0.15) is 49.3 Å². The standard InChI is InChI=1S/C27H17NO2STe/c1-27(2)20-8-5-7-16-15-6-3-4-9-22(15)28(23(16)20)26-21(27)11-14(32-26)10-17-24(29)18-12-31-13-19(18)25(17)30/h3-13H,1-2H3. The van der Waals surface area contributed by atoms with Crippen LogP contribution in [-0.2, 0) is 5.41 Å². The molecule has 5 aromatic rings. The van der Waals surface area contributed by atoms with Gasteiger partial charge in [-0.2, -0.15) is 0 Å². The van der Waals surface area contributed by atoms with Gasteiger partial charge in [0.2, 0.25) is 0 Å². The summed E-state index contributed by atoms with van der Waals surface area (Å²) in [4.78, 5) is 25.7. The van der Waals surface area contributed by atoms with Crippen molar-refractivity contribution in [2.45, 2.75) is 19.3 Å². The van der Waals surface area contributed by atoms with Crippen LogP contribution in [-0.4, -0.2) is 36.6 Å². The molecule has 0 N–H and O–H groups in total. The van der Waals surface area contributed by atoms with Crippen LogP contribution >= 0.6 is 11.3 Å². The number of carbonyl (C=O) groups excluding carboxylic acids is 2. The fourth-order valence-corrected chi connectivity index (χ4v) is 9.75. The number of hydrogen-bond acceptors (Lipinski definition) is 3. The van der Waals surface area contributed by atoms with Crippen molar-refractivity contribution in [2.24, 2.45) is 0 Å². The summed E-state index contributed by atoms with van der Waals surface area (Å²) in [5, 5.41) is 6.16. The zero-order chi connectivity index (χ0) is 21.8. The minimum absolute atomic E-state index is 0.124. The van der Waals surface area contributed by atoms with E-state index in [2.05, 4.69) is 66.9 Å². The first-order valence-corrected chi connectivity index (χ1v) is 13.8. The third kappa shape index (κ3) is 2.21. The SMILES string of the molecule is CC1(C)c2cc(C=C3C(=O)c4cscc4C3=O)[te]c2-n2c3ccccc3c3cccc1c32. The Labute approximate surface area is 198 Å². The number of nitrogens with zero attached hydrogens (tertiary/aromatic N) is 1. The molecule has 1 aliphatic carbocycles. The predicted octanol–water partition coefficient (Wildman–Crippen LogP) is 6.00. The third-order valence-electron chi connectivity index (χ3n) is 6.90. The summed E-state index contributed by atoms with van der Waals surface area (Å²) in [6, 6.07) is 17.5. The summed E-state index contributed by atoms with van der Waals surface area (Å²) < 4.78 is 4.99. The van der Waals surface area contributed by atoms with Crippen molar-refractivity contribution in [3.8, 4) is 3.70 Å². The molecule has 5 heteroatoms. The quantitative estimate of drug-likeness (QED) is 0.147. The van der Waals surface area contributed by atoms with E-state index in [9.17, 15) is 9.59 Å². The van der Waals surface area contributed by atoms with Gasteiger partial charge in [-0.3, -0.25) is 0 Å². The Hall–Kier alpha value is -2.71. The van der Waals surface area contributed by atoms with E-state index in [0.717, 1.165) is 3.58 Å². The van der Waals surface area contributed by atoms with Crippen molar-refractivity contribution < 1.29 is 9.59 Å². The minimum atomic E-state index is -0.768. The van der Waals surface area contributed by atoms with E-state index in [4.69, 9.17) is 0 Å². The van der Waals surface area contributed by atoms with Gasteiger partial charge in [-0.15, -0.1) is 0 Å². The molecule has 32 heavy (non-hydrogen) atoms. The van der Waals surface area contributed by atoms with Gasteiger partial charge >= 0.3 is 199 Å². The molecule has 0 amide bonds. The van der Waals surface area contributed by atoms with Gasteiger partial charge in [-0.05, 0) is 0 Å². The van der Waals surface area contributed by atoms with Crippen molar-refractivity contribution in [3.05, 3.63) is 90.7 Å². The normalized spacial score (nSPS) is 16.1. The van der Waals surface area contributed by atoms with Crippen molar-refractivity contribution in [1.82, 2.24) is 4.57 Å². The average molecular weight is 547 g/mol. The van der Waals surface area contributed by atoms with E-state index in [1.54, 1.807) is 10.8 Å². The molecule has 0 radical (unpaired) electrons. The second-order valence-corrected chi connectivity index (χ2v) is 12.7. The van der Waals surface area contributed by atoms with Crippen LogP contribution in [0.3, 0.4) is 0 Å². The second kappa shape index (κ2) is 6.20. The molecule has 7 rings (SSSR count). The van der Waals surface area contributed by atoms with Crippen LogP contribution in [0.25, 0.3) is 31.6 Å². The molecule has 4 heterocycles. The first-order valence-electron chi connectivity index (χ1n) is 10.5. The van der Waals surface area contributed by atoms with E-state index < -0.39 is 20.4 Å². The molecule has 0 saturated heterocycles. The molecule has 0 bridgehead atoms. The van der Waals surface area contributed by atoms with Crippen LogP contribution in [0.4, 0.5) is 0 Å². The van der Waals surface area contributed by atoms with Crippen LogP contribution in [0.5, 0.6) is 0 Å². The average Bonchev–Trinajstić information content (AvgIpc) is 3.54. The molecule has 0 saturated carbocycles. The van der Waals surface area contributed by atoms with Crippen LogP contribution in [0.15, 0.2) is 64.9 Å². The number of hydrogen-bond donors (Lipinski definition) is 0. The molecule has 1 aliphatic heterocycles. The molecule has 0 atom stereocenters. The zero-order valence-corrected chi connectivity index (χ0v) is 20.6. The molecule has 2 aromatic carbocycles. The Morgan fingerprint density at radius 3 is 2.41 bits per heavy atom.